The quantitative estimate of drug-likeness (QED) is 0.542. The molecule has 0 atom stereocenters. The van der Waals surface area contributed by atoms with Crippen molar-refractivity contribution in [2.24, 2.45) is 5.14 Å². The van der Waals surface area contributed by atoms with Gasteiger partial charge in [0.25, 0.3) is 0 Å². The van der Waals surface area contributed by atoms with Gasteiger partial charge in [-0.3, -0.25) is 9.97 Å². The third-order valence-corrected chi connectivity index (χ3v) is 5.31. The highest BCUT2D eigenvalue weighted by molar-refractivity contribution is 7.89. The Morgan fingerprint density at radius 2 is 1.75 bits per heavy atom. The number of rotatable bonds is 5. The van der Waals surface area contributed by atoms with Crippen molar-refractivity contribution in [3.05, 3.63) is 48.7 Å². The number of primary sulfonamides is 1. The summed E-state index contributed by atoms with van der Waals surface area (Å²) in [7, 11) is -0.627. The summed E-state index contributed by atoms with van der Waals surface area (Å²) in [5.41, 5.74) is 2.99. The molecule has 0 saturated heterocycles. The van der Waals surface area contributed by atoms with E-state index in [1.165, 1.54) is 12.3 Å². The maximum Gasteiger partial charge on any atom is 0.239 e. The van der Waals surface area contributed by atoms with Gasteiger partial charge in [0.2, 0.25) is 10.0 Å². The average molecular weight is 399 g/mol. The van der Waals surface area contributed by atoms with E-state index in [4.69, 9.17) is 14.6 Å². The van der Waals surface area contributed by atoms with Crippen LogP contribution in [0.3, 0.4) is 0 Å². The lowest BCUT2D eigenvalue weighted by Crippen LogP contribution is -2.12. The number of hydrogen-bond acceptors (Lipinski definition) is 7. The number of pyridine rings is 2. The van der Waals surface area contributed by atoms with Gasteiger partial charge in [-0.2, -0.15) is 0 Å². The fourth-order valence-electron chi connectivity index (χ4n) is 3.05. The molecule has 2 N–H and O–H groups in total. The van der Waals surface area contributed by atoms with Crippen LogP contribution in [-0.2, 0) is 16.6 Å². The first-order valence-electron chi connectivity index (χ1n) is 8.24. The molecule has 1 aromatic carbocycles. The van der Waals surface area contributed by atoms with Gasteiger partial charge in [0.1, 0.15) is 10.4 Å². The molecule has 4 aromatic rings. The predicted molar refractivity (Wildman–Crippen MR) is 103 cm³/mol. The number of fused-ring (bicyclic) bond motifs is 3. The monoisotopic (exact) mass is 399 g/mol. The molecule has 3 heterocycles. The summed E-state index contributed by atoms with van der Waals surface area (Å²) in [6, 6.07) is 6.73. The Kier molecular flexibility index (Phi) is 4.36. The first-order valence-corrected chi connectivity index (χ1v) is 9.78. The van der Waals surface area contributed by atoms with E-state index in [1.54, 1.807) is 32.8 Å². The maximum atomic E-state index is 11.4. The zero-order chi connectivity index (χ0) is 19.9. The summed E-state index contributed by atoms with van der Waals surface area (Å²) in [6.45, 7) is 0.398. The van der Waals surface area contributed by atoms with Crippen LogP contribution >= 0.6 is 0 Å². The molecular formula is C18H17N5O4S. The van der Waals surface area contributed by atoms with E-state index in [-0.39, 0.29) is 4.90 Å². The molecule has 0 amide bonds. The molecule has 0 unspecified atom stereocenters. The zero-order valence-corrected chi connectivity index (χ0v) is 16.0. The number of sulfonamides is 1. The second-order valence-electron chi connectivity index (χ2n) is 6.12. The maximum absolute atomic E-state index is 11.4. The van der Waals surface area contributed by atoms with Crippen molar-refractivity contribution in [3.63, 3.8) is 0 Å². The highest BCUT2D eigenvalue weighted by Crippen LogP contribution is 2.34. The normalized spacial score (nSPS) is 11.8. The Morgan fingerprint density at radius 3 is 2.39 bits per heavy atom. The fraction of sp³-hybridized carbons (Fsp3) is 0.167. The Hall–Kier alpha value is -3.24. The lowest BCUT2D eigenvalue weighted by Gasteiger charge is -2.11. The number of benzene rings is 1. The number of hydrogen-bond donors (Lipinski definition) is 1. The Labute approximate surface area is 160 Å². The van der Waals surface area contributed by atoms with E-state index in [0.717, 1.165) is 21.9 Å². The summed E-state index contributed by atoms with van der Waals surface area (Å²) in [5.74, 6) is 1.18. The van der Waals surface area contributed by atoms with Crippen molar-refractivity contribution in [3.8, 4) is 11.5 Å². The number of imidazole rings is 1. The third-order valence-electron chi connectivity index (χ3n) is 4.41. The van der Waals surface area contributed by atoms with Gasteiger partial charge in [-0.1, -0.05) is 0 Å². The second-order valence-corrected chi connectivity index (χ2v) is 7.68. The van der Waals surface area contributed by atoms with Gasteiger partial charge in [0.15, 0.2) is 11.5 Å². The van der Waals surface area contributed by atoms with E-state index in [0.29, 0.717) is 23.7 Å². The molecule has 10 heteroatoms. The number of ether oxygens (including phenoxy) is 2. The first-order chi connectivity index (χ1) is 13.4. The van der Waals surface area contributed by atoms with Crippen LogP contribution in [0.15, 0.2) is 47.9 Å². The fourth-order valence-corrected chi connectivity index (χ4v) is 3.51. The molecule has 4 rings (SSSR count). The minimum atomic E-state index is -3.78. The summed E-state index contributed by atoms with van der Waals surface area (Å²) in [6.07, 6.45) is 4.63. The topological polar surface area (TPSA) is 122 Å². The lowest BCUT2D eigenvalue weighted by molar-refractivity contribution is 0.356. The summed E-state index contributed by atoms with van der Waals surface area (Å²) < 4.78 is 35.5. The van der Waals surface area contributed by atoms with Gasteiger partial charge in [0.05, 0.1) is 50.0 Å². The molecule has 9 nitrogen and oxygen atoms in total. The minimum Gasteiger partial charge on any atom is -0.493 e. The van der Waals surface area contributed by atoms with Crippen molar-refractivity contribution in [2.45, 2.75) is 11.4 Å². The Balaban J connectivity index is 1.82. The molecule has 3 aromatic heterocycles. The van der Waals surface area contributed by atoms with E-state index in [1.807, 2.05) is 16.7 Å². The van der Waals surface area contributed by atoms with Crippen molar-refractivity contribution in [1.82, 2.24) is 19.5 Å². The molecule has 144 valence electrons. The Bertz CT molecular complexity index is 1280. The van der Waals surface area contributed by atoms with Crippen LogP contribution in [0.2, 0.25) is 0 Å². The SMILES string of the molecule is COc1cc2ncc3ncn(Cc4ccc(S(N)(=O)=O)cn4)c3c2cc1OC. The molecule has 0 fully saturated rings. The molecule has 0 spiro atoms. The average Bonchev–Trinajstić information content (AvgIpc) is 3.09. The van der Waals surface area contributed by atoms with Crippen molar-refractivity contribution < 1.29 is 17.9 Å². The highest BCUT2D eigenvalue weighted by atomic mass is 32.2. The summed E-state index contributed by atoms with van der Waals surface area (Å²) in [5, 5.41) is 5.97. The van der Waals surface area contributed by atoms with Gasteiger partial charge in [-0.25, -0.2) is 18.5 Å². The number of nitrogens with zero attached hydrogens (tertiary/aromatic N) is 4. The van der Waals surface area contributed by atoms with E-state index in [2.05, 4.69) is 15.0 Å². The molecule has 0 aliphatic heterocycles. The van der Waals surface area contributed by atoms with Gasteiger partial charge in [-0.15, -0.1) is 0 Å². The van der Waals surface area contributed by atoms with Crippen LogP contribution in [0.25, 0.3) is 21.9 Å². The lowest BCUT2D eigenvalue weighted by atomic mass is 10.1. The molecule has 0 aliphatic rings. The predicted octanol–water partition coefficient (Wildman–Crippen LogP) is 1.69. The number of nitrogens with two attached hydrogens (primary N) is 1. The van der Waals surface area contributed by atoms with Crippen LogP contribution < -0.4 is 14.6 Å². The van der Waals surface area contributed by atoms with Crippen LogP contribution in [0.4, 0.5) is 0 Å². The van der Waals surface area contributed by atoms with Gasteiger partial charge in [-0.05, 0) is 18.2 Å². The zero-order valence-electron chi connectivity index (χ0n) is 15.2. The Morgan fingerprint density at radius 1 is 1.00 bits per heavy atom. The van der Waals surface area contributed by atoms with Crippen molar-refractivity contribution >= 4 is 32.0 Å². The standard InChI is InChI=1S/C18H17N5O4S/c1-26-16-5-13-14(6-17(16)27-2)21-8-15-18(13)23(10-22-15)9-11-3-4-12(7-20-11)28(19,24)25/h3-8,10H,9H2,1-2H3,(H2,19,24,25). The highest BCUT2D eigenvalue weighted by Gasteiger charge is 2.14. The summed E-state index contributed by atoms with van der Waals surface area (Å²) >= 11 is 0. The minimum absolute atomic E-state index is 0.0294. The molecule has 0 bridgehead atoms. The van der Waals surface area contributed by atoms with Gasteiger partial charge < -0.3 is 14.0 Å². The first kappa shape index (κ1) is 18.1. The summed E-state index contributed by atoms with van der Waals surface area (Å²) in [4.78, 5) is 13.0. The van der Waals surface area contributed by atoms with E-state index < -0.39 is 10.0 Å². The van der Waals surface area contributed by atoms with Crippen LogP contribution in [0, 0.1) is 0 Å². The molecular weight excluding hydrogens is 382 g/mol. The van der Waals surface area contributed by atoms with Crippen molar-refractivity contribution in [1.29, 1.82) is 0 Å². The van der Waals surface area contributed by atoms with E-state index >= 15 is 0 Å². The second kappa shape index (κ2) is 6.73. The third kappa shape index (κ3) is 3.12. The molecule has 0 aliphatic carbocycles. The van der Waals surface area contributed by atoms with Gasteiger partial charge in [0, 0.05) is 17.6 Å². The van der Waals surface area contributed by atoms with E-state index in [9.17, 15) is 8.42 Å². The molecule has 28 heavy (non-hydrogen) atoms. The molecule has 0 radical (unpaired) electrons. The van der Waals surface area contributed by atoms with Crippen LogP contribution in [-0.4, -0.2) is 42.2 Å². The number of methoxy groups -OCH3 is 2. The molecule has 0 saturated carbocycles. The largest absolute Gasteiger partial charge is 0.493 e. The van der Waals surface area contributed by atoms with Crippen LogP contribution in [0.1, 0.15) is 5.69 Å². The van der Waals surface area contributed by atoms with Gasteiger partial charge >= 0.3 is 0 Å². The van der Waals surface area contributed by atoms with Crippen molar-refractivity contribution in [2.75, 3.05) is 14.2 Å². The van der Waals surface area contributed by atoms with Crippen LogP contribution in [0.5, 0.6) is 11.5 Å². The smallest absolute Gasteiger partial charge is 0.239 e. The number of aromatic nitrogens is 4.